The van der Waals surface area contributed by atoms with E-state index >= 15 is 0 Å². The van der Waals surface area contributed by atoms with E-state index in [0.717, 1.165) is 0 Å². The molecule has 4 heteroatoms. The van der Waals surface area contributed by atoms with E-state index in [1.807, 2.05) is 0 Å². The zero-order valence-electron chi connectivity index (χ0n) is 4.26. The van der Waals surface area contributed by atoms with Crippen LogP contribution in [-0.2, 0) is 4.84 Å². The van der Waals surface area contributed by atoms with Crippen molar-refractivity contribution < 1.29 is 9.94 Å². The fraction of sp³-hybridized carbons (Fsp3) is 0.750. The Morgan fingerprint density at radius 3 is 3.00 bits per heavy atom. The zero-order chi connectivity index (χ0) is 5.98. The van der Waals surface area contributed by atoms with Crippen LogP contribution in [0.4, 0.5) is 0 Å². The number of nitrogens with one attached hydrogen (secondary N) is 1. The van der Waals surface area contributed by atoms with Gasteiger partial charge in [-0.2, -0.15) is 0 Å². The van der Waals surface area contributed by atoms with Crippen molar-refractivity contribution in [1.29, 1.82) is 0 Å². The van der Waals surface area contributed by atoms with Crippen LogP contribution in [0, 0.1) is 0 Å². The van der Waals surface area contributed by atoms with Crippen LogP contribution in [0.5, 0.6) is 0 Å². The predicted molar refractivity (Wildman–Crippen MR) is 32.3 cm³/mol. The van der Waals surface area contributed by atoms with Gasteiger partial charge in [0, 0.05) is 6.42 Å². The first-order valence-electron chi connectivity index (χ1n) is 2.38. The van der Waals surface area contributed by atoms with Crippen molar-refractivity contribution in [2.24, 2.45) is 0 Å². The number of hydroxylamine groups is 1. The van der Waals surface area contributed by atoms with Gasteiger partial charge in [-0.15, -0.1) is 0 Å². The van der Waals surface area contributed by atoms with E-state index in [0.29, 0.717) is 11.4 Å². The van der Waals surface area contributed by atoms with Gasteiger partial charge >= 0.3 is 0 Å². The Morgan fingerprint density at radius 2 is 2.75 bits per heavy atom. The minimum absolute atomic E-state index is 0.0349. The monoisotopic (exact) mass is 133 g/mol. The van der Waals surface area contributed by atoms with Crippen LogP contribution in [0.3, 0.4) is 0 Å². The van der Waals surface area contributed by atoms with Crippen LogP contribution in [-0.4, -0.2) is 22.8 Å². The Morgan fingerprint density at radius 1 is 2.00 bits per heavy atom. The maximum Gasteiger partial charge on any atom is 0.115 e. The predicted octanol–water partition coefficient (Wildman–Crippen LogP) is -0.400. The van der Waals surface area contributed by atoms with Gasteiger partial charge in [0.2, 0.25) is 0 Å². The van der Waals surface area contributed by atoms with Crippen molar-refractivity contribution in [1.82, 2.24) is 5.48 Å². The highest BCUT2D eigenvalue weighted by atomic mass is 32.1. The largest absolute Gasteiger partial charge is 0.394 e. The van der Waals surface area contributed by atoms with Gasteiger partial charge in [0.1, 0.15) is 11.1 Å². The molecule has 1 atom stereocenters. The molecule has 0 aromatic carbocycles. The molecule has 46 valence electrons. The van der Waals surface area contributed by atoms with Crippen LogP contribution in [0.25, 0.3) is 0 Å². The number of aliphatic hydroxyl groups excluding tert-OH is 1. The number of hydrogen-bond donors (Lipinski definition) is 2. The standard InChI is InChI=1S/C4H7NO2S/c6-2-3-1-4(8)5-7-3/h3,6H,1-2H2,(H,5,8). The number of hydrogen-bond acceptors (Lipinski definition) is 3. The van der Waals surface area contributed by atoms with E-state index in [2.05, 4.69) is 5.48 Å². The Hall–Kier alpha value is -0.190. The van der Waals surface area contributed by atoms with E-state index < -0.39 is 0 Å². The maximum absolute atomic E-state index is 8.46. The third-order valence-corrected chi connectivity index (χ3v) is 1.21. The fourth-order valence-electron chi connectivity index (χ4n) is 0.541. The van der Waals surface area contributed by atoms with Crippen LogP contribution in [0.15, 0.2) is 0 Å². The minimum Gasteiger partial charge on any atom is -0.394 e. The highest BCUT2D eigenvalue weighted by molar-refractivity contribution is 7.80. The highest BCUT2D eigenvalue weighted by Crippen LogP contribution is 2.03. The summed E-state index contributed by atoms with van der Waals surface area (Å²) in [5.41, 5.74) is 2.49. The molecule has 1 unspecified atom stereocenters. The Kier molecular flexibility index (Phi) is 1.77. The quantitative estimate of drug-likeness (QED) is 0.477. The lowest BCUT2D eigenvalue weighted by atomic mass is 10.3. The molecule has 0 aromatic rings. The molecule has 1 rings (SSSR count). The molecule has 0 amide bonds. The molecule has 0 radical (unpaired) electrons. The summed E-state index contributed by atoms with van der Waals surface area (Å²) in [6.07, 6.45) is 0.522. The molecule has 1 aliphatic heterocycles. The van der Waals surface area contributed by atoms with Crippen molar-refractivity contribution in [2.45, 2.75) is 12.5 Å². The molecule has 0 aliphatic carbocycles. The SMILES string of the molecule is OCC1CC(=S)NO1. The Bertz CT molecular complexity index is 106. The fourth-order valence-corrected chi connectivity index (χ4v) is 0.775. The highest BCUT2D eigenvalue weighted by Gasteiger charge is 2.17. The molecule has 1 saturated heterocycles. The average Bonchev–Trinajstić information content (AvgIpc) is 2.14. The first-order chi connectivity index (χ1) is 3.83. The molecule has 0 saturated carbocycles. The topological polar surface area (TPSA) is 41.5 Å². The lowest BCUT2D eigenvalue weighted by Crippen LogP contribution is -2.13. The number of thiocarbonyl (C=S) groups is 1. The summed E-state index contributed by atoms with van der Waals surface area (Å²) in [5.74, 6) is 0. The molecule has 1 fully saturated rings. The van der Waals surface area contributed by atoms with Gasteiger partial charge in [-0.25, -0.2) is 0 Å². The van der Waals surface area contributed by atoms with E-state index in [1.165, 1.54) is 0 Å². The average molecular weight is 133 g/mol. The second-order valence-corrected chi connectivity index (χ2v) is 2.14. The Balaban J connectivity index is 2.32. The van der Waals surface area contributed by atoms with Crippen LogP contribution in [0.2, 0.25) is 0 Å². The number of rotatable bonds is 1. The summed E-state index contributed by atoms with van der Waals surface area (Å²) >= 11 is 4.72. The van der Waals surface area contributed by atoms with Crippen molar-refractivity contribution >= 4 is 17.2 Å². The summed E-state index contributed by atoms with van der Waals surface area (Å²) in [6, 6.07) is 0. The molecule has 8 heavy (non-hydrogen) atoms. The molecule has 1 heterocycles. The summed E-state index contributed by atoms with van der Waals surface area (Å²) in [7, 11) is 0. The first kappa shape index (κ1) is 5.94. The van der Waals surface area contributed by atoms with Crippen molar-refractivity contribution in [3.05, 3.63) is 0 Å². The van der Waals surface area contributed by atoms with E-state index in [4.69, 9.17) is 22.2 Å². The second-order valence-electron chi connectivity index (χ2n) is 1.65. The normalized spacial score (nSPS) is 28.1. The van der Waals surface area contributed by atoms with Gasteiger partial charge in [0.05, 0.1) is 6.61 Å². The summed E-state index contributed by atoms with van der Waals surface area (Å²) in [5, 5.41) is 8.46. The summed E-state index contributed by atoms with van der Waals surface area (Å²) in [4.78, 5) is 5.44. The second kappa shape index (κ2) is 2.39. The minimum atomic E-state index is -0.123. The smallest absolute Gasteiger partial charge is 0.115 e. The lowest BCUT2D eigenvalue weighted by Gasteiger charge is -1.98. The van der Waals surface area contributed by atoms with Crippen molar-refractivity contribution in [3.63, 3.8) is 0 Å². The Labute approximate surface area is 52.6 Å². The maximum atomic E-state index is 8.46. The molecule has 3 nitrogen and oxygen atoms in total. The van der Waals surface area contributed by atoms with Crippen molar-refractivity contribution in [2.75, 3.05) is 6.61 Å². The lowest BCUT2D eigenvalue weighted by molar-refractivity contribution is 0.00954. The summed E-state index contributed by atoms with van der Waals surface area (Å²) < 4.78 is 0. The van der Waals surface area contributed by atoms with Crippen molar-refractivity contribution in [3.8, 4) is 0 Å². The van der Waals surface area contributed by atoms with E-state index in [1.54, 1.807) is 0 Å². The van der Waals surface area contributed by atoms with E-state index in [9.17, 15) is 0 Å². The van der Waals surface area contributed by atoms with Gasteiger partial charge in [-0.05, 0) is 0 Å². The molecule has 0 aromatic heterocycles. The third-order valence-electron chi connectivity index (χ3n) is 0.956. The zero-order valence-corrected chi connectivity index (χ0v) is 5.07. The van der Waals surface area contributed by atoms with Gasteiger partial charge in [0.15, 0.2) is 0 Å². The molecule has 0 spiro atoms. The first-order valence-corrected chi connectivity index (χ1v) is 2.79. The van der Waals surface area contributed by atoms with Gasteiger partial charge < -0.3 is 5.11 Å². The number of aliphatic hydroxyl groups is 1. The molecular weight excluding hydrogens is 126 g/mol. The molecule has 0 bridgehead atoms. The van der Waals surface area contributed by atoms with Gasteiger partial charge in [0.25, 0.3) is 0 Å². The molecule has 2 N–H and O–H groups in total. The van der Waals surface area contributed by atoms with Crippen LogP contribution >= 0.6 is 12.2 Å². The third kappa shape index (κ3) is 1.15. The van der Waals surface area contributed by atoms with Gasteiger partial charge in [-0.1, -0.05) is 12.2 Å². The summed E-state index contributed by atoms with van der Waals surface area (Å²) in [6.45, 7) is 0.0349. The molecule has 1 aliphatic rings. The van der Waals surface area contributed by atoms with E-state index in [-0.39, 0.29) is 12.7 Å². The van der Waals surface area contributed by atoms with Crippen LogP contribution < -0.4 is 5.48 Å². The van der Waals surface area contributed by atoms with Crippen LogP contribution in [0.1, 0.15) is 6.42 Å². The van der Waals surface area contributed by atoms with Gasteiger partial charge in [-0.3, -0.25) is 10.3 Å². The molecular formula is C4H7NO2S.